The Morgan fingerprint density at radius 3 is 2.94 bits per heavy atom. The lowest BCUT2D eigenvalue weighted by Crippen LogP contribution is -1.92. The van der Waals surface area contributed by atoms with Crippen LogP contribution in [0, 0.1) is 18.3 Å². The minimum absolute atomic E-state index is 0.280. The van der Waals surface area contributed by atoms with Gasteiger partial charge in [0.15, 0.2) is 6.29 Å². The van der Waals surface area contributed by atoms with Gasteiger partial charge in [0.25, 0.3) is 0 Å². The summed E-state index contributed by atoms with van der Waals surface area (Å²) in [6.45, 7) is 1.77. The molecule has 0 fully saturated rings. The van der Waals surface area contributed by atoms with Gasteiger partial charge in [-0.15, -0.1) is 0 Å². The highest BCUT2D eigenvalue weighted by atomic mass is 16.1. The van der Waals surface area contributed by atoms with Crippen molar-refractivity contribution in [3.8, 4) is 6.07 Å². The summed E-state index contributed by atoms with van der Waals surface area (Å²) in [7, 11) is 0. The summed E-state index contributed by atoms with van der Waals surface area (Å²) in [6.07, 6.45) is 4.57. The molecule has 0 aliphatic heterocycles. The van der Waals surface area contributed by atoms with E-state index >= 15 is 0 Å². The number of aryl methyl sites for hydroxylation is 1. The van der Waals surface area contributed by atoms with Crippen molar-refractivity contribution in [3.05, 3.63) is 35.3 Å². The summed E-state index contributed by atoms with van der Waals surface area (Å²) in [4.78, 5) is 18.3. The molecule has 0 atom stereocenters. The molecule has 0 unspecified atom stereocenters. The number of aromatic nitrogens is 1. The number of allylic oxidation sites excluding steroid dienone is 1. The van der Waals surface area contributed by atoms with Crippen LogP contribution in [0.1, 0.15) is 11.3 Å². The Balaban J connectivity index is 2.96. The van der Waals surface area contributed by atoms with Crippen molar-refractivity contribution in [2.75, 3.05) is 0 Å². The fourth-order valence-corrected chi connectivity index (χ4v) is 1.01. The van der Waals surface area contributed by atoms with Crippen LogP contribution in [0.4, 0.5) is 5.69 Å². The maximum Gasteiger partial charge on any atom is 0.153 e. The molecule has 1 aromatic heterocycles. The normalized spacial score (nSPS) is 11.4. The van der Waals surface area contributed by atoms with Crippen molar-refractivity contribution >= 4 is 18.2 Å². The molecule has 2 N–H and O–H groups in total. The second-order valence-corrected chi connectivity index (χ2v) is 3.01. The van der Waals surface area contributed by atoms with Gasteiger partial charge in [-0.05, 0) is 18.6 Å². The number of nitrogens with zero attached hydrogens (tertiary/aromatic N) is 3. The molecule has 0 aromatic carbocycles. The molecule has 0 spiro atoms. The van der Waals surface area contributed by atoms with Crippen LogP contribution in [0.15, 0.2) is 29.0 Å². The molecular weight excluding hydrogens is 204 g/mol. The number of hydrogen-bond donors (Lipinski definition) is 1. The molecular formula is C11H10N4O. The van der Waals surface area contributed by atoms with Gasteiger partial charge in [0, 0.05) is 18.0 Å². The van der Waals surface area contributed by atoms with Crippen molar-refractivity contribution in [1.29, 1.82) is 5.26 Å². The first-order valence-corrected chi connectivity index (χ1v) is 4.49. The Labute approximate surface area is 92.9 Å². The first-order valence-electron chi connectivity index (χ1n) is 4.49. The smallest absolute Gasteiger partial charge is 0.153 e. The minimum Gasteiger partial charge on any atom is -0.404 e. The average Bonchev–Trinajstić information content (AvgIpc) is 2.30. The average molecular weight is 214 g/mol. The number of carbonyl (C=O) groups excluding carboxylic acids is 1. The van der Waals surface area contributed by atoms with Crippen molar-refractivity contribution in [2.45, 2.75) is 6.92 Å². The standard InChI is InChI=1S/C11H10N4O/c1-8-2-10(6-15-11(8)4-13)14-5-9(3-12)7-16/h2-3,5-7H,12H2,1H3. The van der Waals surface area contributed by atoms with Gasteiger partial charge >= 0.3 is 0 Å². The van der Waals surface area contributed by atoms with Crippen LogP contribution in [0.3, 0.4) is 0 Å². The Morgan fingerprint density at radius 2 is 2.44 bits per heavy atom. The van der Waals surface area contributed by atoms with E-state index in [9.17, 15) is 4.79 Å². The third-order valence-corrected chi connectivity index (χ3v) is 1.86. The van der Waals surface area contributed by atoms with E-state index in [1.165, 1.54) is 18.6 Å². The second-order valence-electron chi connectivity index (χ2n) is 3.01. The molecule has 1 rings (SSSR count). The number of aldehydes is 1. The third-order valence-electron chi connectivity index (χ3n) is 1.86. The highest BCUT2D eigenvalue weighted by Crippen LogP contribution is 2.14. The van der Waals surface area contributed by atoms with Crippen LogP contribution in [-0.2, 0) is 4.79 Å². The number of aliphatic imine (C=N–C) groups is 1. The number of nitrogens with two attached hydrogens (primary N) is 1. The predicted octanol–water partition coefficient (Wildman–Crippen LogP) is 1.01. The summed E-state index contributed by atoms with van der Waals surface area (Å²) in [5.41, 5.74) is 7.13. The zero-order chi connectivity index (χ0) is 12.0. The molecule has 0 radical (unpaired) electrons. The van der Waals surface area contributed by atoms with Crippen LogP contribution in [0.5, 0.6) is 0 Å². The van der Waals surface area contributed by atoms with Gasteiger partial charge in [0.1, 0.15) is 11.8 Å². The molecule has 5 heteroatoms. The zero-order valence-corrected chi connectivity index (χ0v) is 8.71. The third kappa shape index (κ3) is 2.75. The van der Waals surface area contributed by atoms with Gasteiger partial charge in [-0.3, -0.25) is 9.79 Å². The van der Waals surface area contributed by atoms with Crippen molar-refractivity contribution < 1.29 is 4.79 Å². The molecule has 0 aliphatic rings. The van der Waals surface area contributed by atoms with Gasteiger partial charge in [-0.1, -0.05) is 0 Å². The molecule has 80 valence electrons. The molecule has 0 aliphatic carbocycles. The lowest BCUT2D eigenvalue weighted by molar-refractivity contribution is -0.104. The molecule has 5 nitrogen and oxygen atoms in total. The number of nitriles is 1. The summed E-state index contributed by atoms with van der Waals surface area (Å²) < 4.78 is 0. The van der Waals surface area contributed by atoms with E-state index in [0.29, 0.717) is 17.7 Å². The van der Waals surface area contributed by atoms with E-state index < -0.39 is 0 Å². The Morgan fingerprint density at radius 1 is 1.69 bits per heavy atom. The van der Waals surface area contributed by atoms with E-state index in [1.807, 2.05) is 6.07 Å². The molecule has 16 heavy (non-hydrogen) atoms. The Bertz CT molecular complexity index is 497. The van der Waals surface area contributed by atoms with Crippen LogP contribution in [0.25, 0.3) is 0 Å². The first-order chi connectivity index (χ1) is 7.71. The van der Waals surface area contributed by atoms with Crippen molar-refractivity contribution in [1.82, 2.24) is 4.98 Å². The number of pyridine rings is 1. The van der Waals surface area contributed by atoms with Gasteiger partial charge in [-0.2, -0.15) is 5.26 Å². The monoisotopic (exact) mass is 214 g/mol. The fraction of sp³-hybridized carbons (Fsp3) is 0.0909. The Hall–Kier alpha value is -2.48. The molecule has 0 bridgehead atoms. The maximum absolute atomic E-state index is 10.4. The maximum atomic E-state index is 10.4. The molecule has 0 saturated heterocycles. The van der Waals surface area contributed by atoms with Gasteiger partial charge < -0.3 is 5.73 Å². The largest absolute Gasteiger partial charge is 0.404 e. The van der Waals surface area contributed by atoms with E-state index in [-0.39, 0.29) is 5.57 Å². The highest BCUT2D eigenvalue weighted by molar-refractivity contribution is 6.02. The lowest BCUT2D eigenvalue weighted by atomic mass is 10.2. The Kier molecular flexibility index (Phi) is 3.92. The minimum atomic E-state index is 0.280. The molecule has 0 saturated carbocycles. The van der Waals surface area contributed by atoms with Gasteiger partial charge in [0.05, 0.1) is 11.9 Å². The highest BCUT2D eigenvalue weighted by Gasteiger charge is 1.99. The van der Waals surface area contributed by atoms with Crippen LogP contribution in [0.2, 0.25) is 0 Å². The van der Waals surface area contributed by atoms with Gasteiger partial charge in [0.2, 0.25) is 0 Å². The first kappa shape index (κ1) is 11.6. The van der Waals surface area contributed by atoms with E-state index in [2.05, 4.69) is 9.98 Å². The predicted molar refractivity (Wildman–Crippen MR) is 60.2 cm³/mol. The molecule has 0 amide bonds. The van der Waals surface area contributed by atoms with Crippen LogP contribution >= 0.6 is 0 Å². The molecule has 1 aromatic rings. The SMILES string of the molecule is Cc1cc(N=CC(C=O)=CN)cnc1C#N. The zero-order valence-electron chi connectivity index (χ0n) is 8.71. The summed E-state index contributed by atoms with van der Waals surface area (Å²) in [6, 6.07) is 3.67. The van der Waals surface area contributed by atoms with Crippen LogP contribution in [-0.4, -0.2) is 17.5 Å². The van der Waals surface area contributed by atoms with E-state index in [0.717, 1.165) is 5.56 Å². The summed E-state index contributed by atoms with van der Waals surface area (Å²) >= 11 is 0. The second kappa shape index (κ2) is 5.41. The van der Waals surface area contributed by atoms with Crippen molar-refractivity contribution in [3.63, 3.8) is 0 Å². The summed E-state index contributed by atoms with van der Waals surface area (Å²) in [5.74, 6) is 0. The van der Waals surface area contributed by atoms with Crippen molar-refractivity contribution in [2.24, 2.45) is 10.7 Å². The fourth-order valence-electron chi connectivity index (χ4n) is 1.01. The van der Waals surface area contributed by atoms with Gasteiger partial charge in [-0.25, -0.2) is 4.98 Å². The summed E-state index contributed by atoms with van der Waals surface area (Å²) in [5, 5.41) is 8.68. The number of rotatable bonds is 3. The number of carbonyl (C=O) groups is 1. The molecule has 1 heterocycles. The van der Waals surface area contributed by atoms with E-state index in [4.69, 9.17) is 11.0 Å². The van der Waals surface area contributed by atoms with E-state index in [1.54, 1.807) is 13.0 Å². The topological polar surface area (TPSA) is 92.1 Å². The van der Waals surface area contributed by atoms with Crippen LogP contribution < -0.4 is 5.73 Å². The number of hydrogen-bond acceptors (Lipinski definition) is 5. The quantitative estimate of drug-likeness (QED) is 0.461. The lowest BCUT2D eigenvalue weighted by Gasteiger charge is -1.97.